The molecule has 0 saturated carbocycles. The monoisotopic (exact) mass is 276 g/mol. The van der Waals surface area contributed by atoms with Crippen molar-refractivity contribution in [1.29, 1.82) is 0 Å². The highest BCUT2D eigenvalue weighted by atomic mass is 32.2. The number of unbranched alkanes of at least 4 members (excludes halogenated alkanes) is 1. The van der Waals surface area contributed by atoms with Crippen LogP contribution < -0.4 is 0 Å². The Kier molecular flexibility index (Phi) is 4.94. The first-order valence-electron chi connectivity index (χ1n) is 6.69. The lowest BCUT2D eigenvalue weighted by Gasteiger charge is -2.23. The Balaban J connectivity index is 1.88. The smallest absolute Gasteiger partial charge is 0.186 e. The van der Waals surface area contributed by atoms with Gasteiger partial charge in [-0.1, -0.05) is 13.3 Å². The van der Waals surface area contributed by atoms with Crippen LogP contribution in [0.5, 0.6) is 0 Å². The molecule has 5 heteroatoms. The van der Waals surface area contributed by atoms with Crippen LogP contribution in [-0.2, 0) is 18.9 Å². The maximum absolute atomic E-state index is 5.93. The molecule has 0 aromatic carbocycles. The highest BCUT2D eigenvalue weighted by Crippen LogP contribution is 2.39. The Bertz CT molecular complexity index is 272. The summed E-state index contributed by atoms with van der Waals surface area (Å²) in [6.45, 7) is 6.10. The Morgan fingerprint density at radius 1 is 1.22 bits per heavy atom. The minimum Gasteiger partial charge on any atom is -0.353 e. The van der Waals surface area contributed by atoms with Crippen LogP contribution in [0.3, 0.4) is 0 Å². The van der Waals surface area contributed by atoms with Gasteiger partial charge in [0.2, 0.25) is 0 Å². The summed E-state index contributed by atoms with van der Waals surface area (Å²) in [7, 11) is 1.66. The molecule has 4 atom stereocenters. The van der Waals surface area contributed by atoms with E-state index in [1.165, 1.54) is 18.6 Å². The second-order valence-electron chi connectivity index (χ2n) is 5.27. The van der Waals surface area contributed by atoms with Gasteiger partial charge in [-0.15, -0.1) is 0 Å². The van der Waals surface area contributed by atoms with Crippen LogP contribution in [0.2, 0.25) is 0 Å². The largest absolute Gasteiger partial charge is 0.353 e. The highest BCUT2D eigenvalue weighted by molar-refractivity contribution is 7.99. The third-order valence-electron chi connectivity index (χ3n) is 3.26. The summed E-state index contributed by atoms with van der Waals surface area (Å²) < 4.78 is 23.0. The van der Waals surface area contributed by atoms with Crippen molar-refractivity contribution >= 4 is 11.8 Å². The van der Waals surface area contributed by atoms with E-state index in [4.69, 9.17) is 18.9 Å². The molecule has 4 nitrogen and oxygen atoms in total. The average Bonchev–Trinajstić information content (AvgIpc) is 2.78. The van der Waals surface area contributed by atoms with Crippen LogP contribution >= 0.6 is 11.8 Å². The van der Waals surface area contributed by atoms with Crippen LogP contribution in [0.15, 0.2) is 0 Å². The van der Waals surface area contributed by atoms with Crippen LogP contribution in [0.25, 0.3) is 0 Å². The molecule has 18 heavy (non-hydrogen) atoms. The molecule has 0 amide bonds. The molecule has 0 aliphatic carbocycles. The SMILES string of the molecule is CCCCSC[C@H]1O[C@@H](OC)[C@@H]2OC(C)(C)O[C@@H]21. The zero-order valence-corrected chi connectivity index (χ0v) is 12.5. The Morgan fingerprint density at radius 2 is 1.94 bits per heavy atom. The van der Waals surface area contributed by atoms with Crippen molar-refractivity contribution in [3.63, 3.8) is 0 Å². The van der Waals surface area contributed by atoms with Gasteiger partial charge in [-0.3, -0.25) is 0 Å². The van der Waals surface area contributed by atoms with Gasteiger partial charge in [0.05, 0.1) is 6.10 Å². The van der Waals surface area contributed by atoms with Gasteiger partial charge in [0.25, 0.3) is 0 Å². The summed E-state index contributed by atoms with van der Waals surface area (Å²) in [5.41, 5.74) is 0. The lowest BCUT2D eigenvalue weighted by Crippen LogP contribution is -2.31. The van der Waals surface area contributed by atoms with Gasteiger partial charge < -0.3 is 18.9 Å². The summed E-state index contributed by atoms with van der Waals surface area (Å²) in [6, 6.07) is 0. The minimum atomic E-state index is -0.526. The predicted octanol–water partition coefficient (Wildman–Crippen LogP) is 2.41. The lowest BCUT2D eigenvalue weighted by molar-refractivity contribution is -0.224. The third kappa shape index (κ3) is 3.20. The van der Waals surface area contributed by atoms with Crippen LogP contribution in [0, 0.1) is 0 Å². The molecule has 0 radical (unpaired) electrons. The Labute approximate surface area is 114 Å². The Morgan fingerprint density at radius 3 is 2.61 bits per heavy atom. The predicted molar refractivity (Wildman–Crippen MR) is 71.7 cm³/mol. The first kappa shape index (κ1) is 14.6. The first-order chi connectivity index (χ1) is 8.57. The van der Waals surface area contributed by atoms with Gasteiger partial charge in [0.1, 0.15) is 12.2 Å². The number of ether oxygens (including phenoxy) is 4. The number of hydrogen-bond donors (Lipinski definition) is 0. The maximum atomic E-state index is 5.93. The molecule has 0 unspecified atom stereocenters. The molecule has 2 fully saturated rings. The molecule has 2 aliphatic rings. The van der Waals surface area contributed by atoms with Crippen molar-refractivity contribution < 1.29 is 18.9 Å². The van der Waals surface area contributed by atoms with Crippen molar-refractivity contribution in [2.45, 2.75) is 64.0 Å². The van der Waals surface area contributed by atoms with Crippen molar-refractivity contribution in [2.75, 3.05) is 18.6 Å². The van der Waals surface area contributed by atoms with E-state index in [0.29, 0.717) is 0 Å². The van der Waals surface area contributed by atoms with Crippen molar-refractivity contribution in [2.24, 2.45) is 0 Å². The van der Waals surface area contributed by atoms with Crippen LogP contribution in [-0.4, -0.2) is 49.0 Å². The molecule has 2 heterocycles. The number of rotatable bonds is 6. The fourth-order valence-corrected chi connectivity index (χ4v) is 3.57. The Hall–Kier alpha value is 0.190. The fourth-order valence-electron chi connectivity index (χ4n) is 2.41. The summed E-state index contributed by atoms with van der Waals surface area (Å²) >= 11 is 1.92. The lowest BCUT2D eigenvalue weighted by atomic mass is 10.2. The van der Waals surface area contributed by atoms with E-state index in [9.17, 15) is 0 Å². The molecular weight excluding hydrogens is 252 g/mol. The van der Waals surface area contributed by atoms with Gasteiger partial charge in [-0.25, -0.2) is 0 Å². The van der Waals surface area contributed by atoms with E-state index in [1.54, 1.807) is 7.11 Å². The van der Waals surface area contributed by atoms with Gasteiger partial charge in [-0.2, -0.15) is 11.8 Å². The molecule has 2 rings (SSSR count). The van der Waals surface area contributed by atoms with Crippen molar-refractivity contribution in [1.82, 2.24) is 0 Å². The molecule has 2 aliphatic heterocycles. The fraction of sp³-hybridized carbons (Fsp3) is 1.00. The molecule has 0 bridgehead atoms. The van der Waals surface area contributed by atoms with E-state index in [1.807, 2.05) is 25.6 Å². The topological polar surface area (TPSA) is 36.9 Å². The van der Waals surface area contributed by atoms with E-state index in [-0.39, 0.29) is 24.6 Å². The molecule has 106 valence electrons. The maximum Gasteiger partial charge on any atom is 0.186 e. The number of thioether (sulfide) groups is 1. The van der Waals surface area contributed by atoms with Crippen molar-refractivity contribution in [3.05, 3.63) is 0 Å². The molecule has 0 N–H and O–H groups in total. The van der Waals surface area contributed by atoms with E-state index < -0.39 is 5.79 Å². The molecular formula is C13H24O4S. The zero-order valence-electron chi connectivity index (χ0n) is 11.7. The second kappa shape index (κ2) is 6.09. The van der Waals surface area contributed by atoms with Crippen LogP contribution in [0.4, 0.5) is 0 Å². The van der Waals surface area contributed by atoms with Gasteiger partial charge in [0, 0.05) is 12.9 Å². The van der Waals surface area contributed by atoms with E-state index in [0.717, 1.165) is 5.75 Å². The highest BCUT2D eigenvalue weighted by Gasteiger charge is 2.55. The number of hydrogen-bond acceptors (Lipinski definition) is 5. The number of methoxy groups -OCH3 is 1. The number of fused-ring (bicyclic) bond motifs is 1. The van der Waals surface area contributed by atoms with E-state index in [2.05, 4.69) is 6.92 Å². The summed E-state index contributed by atoms with van der Waals surface area (Å²) in [6.07, 6.45) is 2.16. The summed E-state index contributed by atoms with van der Waals surface area (Å²) in [4.78, 5) is 0. The van der Waals surface area contributed by atoms with Crippen LogP contribution in [0.1, 0.15) is 33.6 Å². The van der Waals surface area contributed by atoms with E-state index >= 15 is 0 Å². The second-order valence-corrected chi connectivity index (χ2v) is 6.42. The molecule has 0 aromatic heterocycles. The van der Waals surface area contributed by atoms with Gasteiger partial charge >= 0.3 is 0 Å². The standard InChI is InChI=1S/C13H24O4S/c1-5-6-7-18-8-9-10-11(12(14-4)15-9)17-13(2,3)16-10/h9-12H,5-8H2,1-4H3/t9-,10-,11-,12-/m1/s1. The third-order valence-corrected chi connectivity index (χ3v) is 4.41. The summed E-state index contributed by atoms with van der Waals surface area (Å²) in [5, 5.41) is 0. The molecule has 0 spiro atoms. The minimum absolute atomic E-state index is 0.000855. The molecule has 0 aromatic rings. The summed E-state index contributed by atoms with van der Waals surface area (Å²) in [5.74, 6) is 1.60. The van der Waals surface area contributed by atoms with Gasteiger partial charge in [-0.05, 0) is 26.0 Å². The normalized spacial score (nSPS) is 38.0. The molecule has 2 saturated heterocycles. The average molecular weight is 276 g/mol. The quantitative estimate of drug-likeness (QED) is 0.696. The zero-order chi connectivity index (χ0) is 13.2. The first-order valence-corrected chi connectivity index (χ1v) is 7.84. The van der Waals surface area contributed by atoms with Crippen molar-refractivity contribution in [3.8, 4) is 0 Å². The van der Waals surface area contributed by atoms with Gasteiger partial charge in [0.15, 0.2) is 12.1 Å².